The zero-order chi connectivity index (χ0) is 12.3. The molecule has 0 nitrogen and oxygen atoms in total. The van der Waals surface area contributed by atoms with Gasteiger partial charge >= 0.3 is 0 Å². The fourth-order valence-electron chi connectivity index (χ4n) is 1.65. The normalized spacial score (nSPS) is 12.9. The Morgan fingerprint density at radius 2 is 1.69 bits per heavy atom. The molecule has 1 aromatic carbocycles. The number of hydrogen-bond donors (Lipinski definition) is 0. The molecule has 1 rings (SSSR count). The zero-order valence-electron chi connectivity index (χ0n) is 9.21. The summed E-state index contributed by atoms with van der Waals surface area (Å²) >= 11 is 23.9. The van der Waals surface area contributed by atoms with Gasteiger partial charge in [-0.15, -0.1) is 0 Å². The van der Waals surface area contributed by atoms with Crippen LogP contribution in [0.2, 0.25) is 20.1 Å². The van der Waals surface area contributed by atoms with Crippen LogP contribution in [0.3, 0.4) is 0 Å². The quantitative estimate of drug-likeness (QED) is 0.467. The van der Waals surface area contributed by atoms with Gasteiger partial charge in [-0.1, -0.05) is 73.1 Å². The van der Waals surface area contributed by atoms with Gasteiger partial charge < -0.3 is 0 Å². The van der Waals surface area contributed by atoms with Gasteiger partial charge in [-0.2, -0.15) is 0 Å². The first-order valence-electron chi connectivity index (χ1n) is 5.21. The van der Waals surface area contributed by atoms with Gasteiger partial charge in [-0.3, -0.25) is 0 Å². The van der Waals surface area contributed by atoms with E-state index in [4.69, 9.17) is 46.4 Å². The van der Waals surface area contributed by atoms with E-state index in [0.717, 1.165) is 24.8 Å². The van der Waals surface area contributed by atoms with Gasteiger partial charge in [0.15, 0.2) is 0 Å². The van der Waals surface area contributed by atoms with Crippen LogP contribution in [-0.2, 0) is 6.42 Å². The molecule has 0 bridgehead atoms. The van der Waals surface area contributed by atoms with E-state index in [1.165, 1.54) is 0 Å². The van der Waals surface area contributed by atoms with Crippen molar-refractivity contribution in [1.29, 1.82) is 0 Å². The van der Waals surface area contributed by atoms with Crippen LogP contribution in [0.5, 0.6) is 0 Å². The SMILES string of the molecule is CCCC(C)Cc1[c]c(Cl)c(Cl)c(Cl)c1Cl. The second-order valence-corrected chi connectivity index (χ2v) is 5.47. The summed E-state index contributed by atoms with van der Waals surface area (Å²) in [5, 5.41) is 1.42. The molecule has 1 radical (unpaired) electrons. The monoisotopic (exact) mass is 297 g/mol. The lowest BCUT2D eigenvalue weighted by Crippen LogP contribution is -2.00. The van der Waals surface area contributed by atoms with Crippen molar-refractivity contribution < 1.29 is 0 Å². The molecular weight excluding hydrogens is 286 g/mol. The molecule has 1 atom stereocenters. The molecule has 0 aliphatic rings. The van der Waals surface area contributed by atoms with Crippen molar-refractivity contribution in [3.8, 4) is 0 Å². The van der Waals surface area contributed by atoms with Crippen molar-refractivity contribution in [1.82, 2.24) is 0 Å². The molecule has 4 heteroatoms. The highest BCUT2D eigenvalue weighted by Crippen LogP contribution is 2.38. The molecule has 0 saturated heterocycles. The van der Waals surface area contributed by atoms with Crippen molar-refractivity contribution in [2.45, 2.75) is 33.1 Å². The summed E-state index contributed by atoms with van der Waals surface area (Å²) in [4.78, 5) is 0. The molecule has 0 aliphatic carbocycles. The van der Waals surface area contributed by atoms with Crippen LogP contribution in [0.1, 0.15) is 32.3 Å². The molecule has 0 N–H and O–H groups in total. The van der Waals surface area contributed by atoms with Crippen LogP contribution < -0.4 is 0 Å². The minimum Gasteiger partial charge on any atom is -0.0823 e. The molecule has 89 valence electrons. The predicted molar refractivity (Wildman–Crippen MR) is 73.1 cm³/mol. The maximum atomic E-state index is 6.11. The number of hydrogen-bond acceptors (Lipinski definition) is 0. The maximum Gasteiger partial charge on any atom is 0.0800 e. The number of benzene rings is 1. The van der Waals surface area contributed by atoms with Crippen molar-refractivity contribution in [3.63, 3.8) is 0 Å². The molecule has 0 spiro atoms. The van der Waals surface area contributed by atoms with E-state index in [0.29, 0.717) is 21.0 Å². The molecule has 0 amide bonds. The fourth-order valence-corrected chi connectivity index (χ4v) is 2.53. The molecule has 0 saturated carbocycles. The average Bonchev–Trinajstić information content (AvgIpc) is 2.23. The van der Waals surface area contributed by atoms with Gasteiger partial charge in [-0.25, -0.2) is 0 Å². The van der Waals surface area contributed by atoms with Crippen molar-refractivity contribution in [2.75, 3.05) is 0 Å². The first kappa shape index (κ1) is 14.4. The minimum absolute atomic E-state index is 0.278. The molecule has 0 aromatic heterocycles. The van der Waals surface area contributed by atoms with Gasteiger partial charge in [0.05, 0.1) is 20.1 Å². The van der Waals surface area contributed by atoms with Crippen LogP contribution in [0, 0.1) is 12.0 Å². The van der Waals surface area contributed by atoms with Crippen LogP contribution in [0.4, 0.5) is 0 Å². The van der Waals surface area contributed by atoms with Gasteiger partial charge in [0, 0.05) is 6.07 Å². The smallest absolute Gasteiger partial charge is 0.0800 e. The predicted octanol–water partition coefficient (Wildman–Crippen LogP) is 6.08. The van der Waals surface area contributed by atoms with E-state index in [9.17, 15) is 0 Å². The molecular formula is C12H13Cl4. The largest absolute Gasteiger partial charge is 0.0823 e. The zero-order valence-corrected chi connectivity index (χ0v) is 12.2. The van der Waals surface area contributed by atoms with E-state index in [1.54, 1.807) is 0 Å². The van der Waals surface area contributed by atoms with Crippen molar-refractivity contribution >= 4 is 46.4 Å². The van der Waals surface area contributed by atoms with Crippen molar-refractivity contribution in [2.24, 2.45) is 5.92 Å². The number of rotatable bonds is 4. The van der Waals surface area contributed by atoms with E-state index < -0.39 is 0 Å². The lowest BCUT2D eigenvalue weighted by Gasteiger charge is -2.13. The second kappa shape index (κ2) is 6.35. The topological polar surface area (TPSA) is 0 Å². The highest BCUT2D eigenvalue weighted by Gasteiger charge is 2.15. The molecule has 0 aliphatic heterocycles. The Hall–Kier alpha value is 0.380. The molecule has 1 unspecified atom stereocenters. The third-order valence-electron chi connectivity index (χ3n) is 2.44. The molecule has 1 aromatic rings. The standard InChI is InChI=1S/C12H13Cl4/c1-3-4-7(2)5-8-6-9(13)11(15)12(16)10(8)14/h7H,3-5H2,1-2H3. The summed E-state index contributed by atoms with van der Waals surface area (Å²) in [5.41, 5.74) is 0.849. The summed E-state index contributed by atoms with van der Waals surface area (Å²) in [5.74, 6) is 0.534. The Morgan fingerprint density at radius 1 is 1.06 bits per heavy atom. The van der Waals surface area contributed by atoms with E-state index in [-0.39, 0.29) is 5.02 Å². The van der Waals surface area contributed by atoms with E-state index in [2.05, 4.69) is 19.9 Å². The summed E-state index contributed by atoms with van der Waals surface area (Å²) in [6, 6.07) is 2.99. The van der Waals surface area contributed by atoms with Crippen LogP contribution in [0.25, 0.3) is 0 Å². The second-order valence-electron chi connectivity index (χ2n) is 3.96. The average molecular weight is 299 g/mol. The summed E-state index contributed by atoms with van der Waals surface area (Å²) in [6.07, 6.45) is 3.11. The fraction of sp³-hybridized carbons (Fsp3) is 0.500. The third kappa shape index (κ3) is 3.43. The molecule has 0 fully saturated rings. The summed E-state index contributed by atoms with van der Waals surface area (Å²) in [7, 11) is 0. The van der Waals surface area contributed by atoms with Crippen molar-refractivity contribution in [3.05, 3.63) is 31.7 Å². The minimum atomic E-state index is 0.278. The Bertz CT molecular complexity index is 374. The lowest BCUT2D eigenvalue weighted by molar-refractivity contribution is 0.522. The first-order chi connectivity index (χ1) is 7.47. The maximum absolute atomic E-state index is 6.11. The first-order valence-corrected chi connectivity index (χ1v) is 6.72. The van der Waals surface area contributed by atoms with Gasteiger partial charge in [0.2, 0.25) is 0 Å². The van der Waals surface area contributed by atoms with Gasteiger partial charge in [0.1, 0.15) is 0 Å². The van der Waals surface area contributed by atoms with E-state index >= 15 is 0 Å². The summed E-state index contributed by atoms with van der Waals surface area (Å²) < 4.78 is 0. The highest BCUT2D eigenvalue weighted by atomic mass is 35.5. The van der Waals surface area contributed by atoms with Crippen LogP contribution >= 0.6 is 46.4 Å². The molecule has 0 heterocycles. The van der Waals surface area contributed by atoms with Gasteiger partial charge in [-0.05, 0) is 17.9 Å². The Balaban J connectivity index is 2.97. The van der Waals surface area contributed by atoms with Crippen LogP contribution in [0.15, 0.2) is 0 Å². The van der Waals surface area contributed by atoms with E-state index in [1.807, 2.05) is 0 Å². The molecule has 16 heavy (non-hydrogen) atoms. The summed E-state index contributed by atoms with van der Waals surface area (Å²) in [6.45, 7) is 4.33. The lowest BCUT2D eigenvalue weighted by atomic mass is 9.97. The Labute approximate surface area is 117 Å². The Kier molecular flexibility index (Phi) is 5.73. The Morgan fingerprint density at radius 3 is 2.25 bits per heavy atom. The van der Waals surface area contributed by atoms with Crippen LogP contribution in [-0.4, -0.2) is 0 Å². The highest BCUT2D eigenvalue weighted by molar-refractivity contribution is 6.51. The van der Waals surface area contributed by atoms with Gasteiger partial charge in [0.25, 0.3) is 0 Å². The third-order valence-corrected chi connectivity index (χ3v) is 4.18. The number of halogens is 4.